The molecule has 0 unspecified atom stereocenters. The number of nitrogens with two attached hydrogens (primary N) is 1. The third-order valence-corrected chi connectivity index (χ3v) is 3.22. The number of carbonyl (C=O) groups excluding carboxylic acids is 2. The molecule has 0 spiro atoms. The number of hydrogen-bond donors (Lipinski definition) is 1. The molecule has 2 aromatic rings. The minimum Gasteiger partial charge on any atom is -0.497 e. The quantitative estimate of drug-likeness (QED) is 0.216. The predicted molar refractivity (Wildman–Crippen MR) is 91.5 cm³/mol. The highest BCUT2D eigenvalue weighted by atomic mass is 16.7. The third kappa shape index (κ3) is 5.07. The van der Waals surface area contributed by atoms with E-state index in [1.165, 1.54) is 24.3 Å². The Kier molecular flexibility index (Phi) is 6.11. The Hall–Kier alpha value is -3.35. The maximum atomic E-state index is 12.0. The van der Waals surface area contributed by atoms with Crippen LogP contribution in [0.2, 0.25) is 0 Å². The zero-order valence-corrected chi connectivity index (χ0v) is 13.9. The number of carbonyl (C=O) groups is 2. The van der Waals surface area contributed by atoms with Crippen LogP contribution >= 0.6 is 0 Å². The second-order valence-corrected chi connectivity index (χ2v) is 4.94. The van der Waals surface area contributed by atoms with Crippen molar-refractivity contribution in [1.82, 2.24) is 0 Å². The lowest BCUT2D eigenvalue weighted by atomic mass is 10.2. The normalized spacial score (nSPS) is 10.9. The Labute approximate surface area is 145 Å². The van der Waals surface area contributed by atoms with E-state index in [0.717, 1.165) is 0 Å². The lowest BCUT2D eigenvalue weighted by Crippen LogP contribution is -2.15. The molecule has 0 heterocycles. The van der Waals surface area contributed by atoms with Gasteiger partial charge in [0.2, 0.25) is 0 Å². The van der Waals surface area contributed by atoms with Crippen molar-refractivity contribution < 1.29 is 23.9 Å². The minimum atomic E-state index is -0.676. The summed E-state index contributed by atoms with van der Waals surface area (Å²) in [6.45, 7) is 1.69. The van der Waals surface area contributed by atoms with E-state index in [0.29, 0.717) is 17.1 Å². The average molecular weight is 342 g/mol. The molecule has 7 heteroatoms. The molecule has 0 aromatic heterocycles. The molecule has 0 radical (unpaired) electrons. The van der Waals surface area contributed by atoms with Crippen LogP contribution < -0.4 is 15.2 Å². The largest absolute Gasteiger partial charge is 0.497 e. The van der Waals surface area contributed by atoms with Gasteiger partial charge >= 0.3 is 11.9 Å². The van der Waals surface area contributed by atoms with E-state index in [4.69, 9.17) is 20.0 Å². The summed E-state index contributed by atoms with van der Waals surface area (Å²) in [6.07, 6.45) is 0.267. The third-order valence-electron chi connectivity index (χ3n) is 3.22. The average Bonchev–Trinajstić information content (AvgIpc) is 2.66. The standard InChI is InChI=1S/C18H18N2O5/c1-3-16(21)24-15-10-6-13(7-11-15)18(22)25-20-17(19)12-4-8-14(23-2)9-5-12/h4-11H,3H2,1-2H3,(H2,19,20). The molecule has 2 aromatic carbocycles. The van der Waals surface area contributed by atoms with Gasteiger partial charge in [-0.2, -0.15) is 0 Å². The summed E-state index contributed by atoms with van der Waals surface area (Å²) in [7, 11) is 1.56. The van der Waals surface area contributed by atoms with Gasteiger partial charge in [-0.3, -0.25) is 4.79 Å². The maximum Gasteiger partial charge on any atom is 0.365 e. The van der Waals surface area contributed by atoms with Crippen LogP contribution in [-0.4, -0.2) is 24.9 Å². The summed E-state index contributed by atoms with van der Waals surface area (Å²) in [4.78, 5) is 28.0. The summed E-state index contributed by atoms with van der Waals surface area (Å²) >= 11 is 0. The molecule has 7 nitrogen and oxygen atoms in total. The van der Waals surface area contributed by atoms with Gasteiger partial charge in [-0.25, -0.2) is 4.79 Å². The van der Waals surface area contributed by atoms with Crippen LogP contribution in [0.5, 0.6) is 11.5 Å². The number of hydrogen-bond acceptors (Lipinski definition) is 6. The Balaban J connectivity index is 1.99. The zero-order valence-electron chi connectivity index (χ0n) is 13.9. The number of nitrogens with zero attached hydrogens (tertiary/aromatic N) is 1. The first-order chi connectivity index (χ1) is 12.0. The van der Waals surface area contributed by atoms with Crippen LogP contribution in [0.15, 0.2) is 53.7 Å². The highest BCUT2D eigenvalue weighted by Crippen LogP contribution is 2.14. The molecule has 0 saturated carbocycles. The number of oxime groups is 1. The highest BCUT2D eigenvalue weighted by Gasteiger charge is 2.09. The summed E-state index contributed by atoms with van der Waals surface area (Å²) in [5.41, 5.74) is 6.63. The van der Waals surface area contributed by atoms with Gasteiger partial charge in [0.25, 0.3) is 0 Å². The molecule has 130 valence electrons. The molecule has 0 aliphatic heterocycles. The van der Waals surface area contributed by atoms with Crippen molar-refractivity contribution in [1.29, 1.82) is 0 Å². The second kappa shape index (κ2) is 8.49. The molecular weight excluding hydrogens is 324 g/mol. The van der Waals surface area contributed by atoms with Gasteiger partial charge in [0.05, 0.1) is 12.7 Å². The molecule has 2 N–H and O–H groups in total. The van der Waals surface area contributed by atoms with Gasteiger partial charge < -0.3 is 20.0 Å². The van der Waals surface area contributed by atoms with Crippen molar-refractivity contribution in [3.05, 3.63) is 59.7 Å². The fourth-order valence-electron chi connectivity index (χ4n) is 1.82. The lowest BCUT2D eigenvalue weighted by molar-refractivity contribution is -0.134. The van der Waals surface area contributed by atoms with E-state index in [2.05, 4.69) is 5.16 Å². The SMILES string of the molecule is CCC(=O)Oc1ccc(C(=O)O/N=C(\N)c2ccc(OC)cc2)cc1. The number of ether oxygens (including phenoxy) is 2. The summed E-state index contributed by atoms with van der Waals surface area (Å²) < 4.78 is 10.1. The smallest absolute Gasteiger partial charge is 0.365 e. The van der Waals surface area contributed by atoms with E-state index in [1.807, 2.05) is 0 Å². The fourth-order valence-corrected chi connectivity index (χ4v) is 1.82. The van der Waals surface area contributed by atoms with E-state index < -0.39 is 5.97 Å². The first kappa shape index (κ1) is 18.0. The van der Waals surface area contributed by atoms with Crippen molar-refractivity contribution in [3.63, 3.8) is 0 Å². The van der Waals surface area contributed by atoms with Gasteiger partial charge in [0.1, 0.15) is 11.5 Å². The van der Waals surface area contributed by atoms with Gasteiger partial charge in [-0.05, 0) is 48.5 Å². The van der Waals surface area contributed by atoms with Crippen molar-refractivity contribution in [3.8, 4) is 11.5 Å². The fraction of sp³-hybridized carbons (Fsp3) is 0.167. The summed E-state index contributed by atoms with van der Waals surface area (Å²) in [5.74, 6) is 0.0589. The van der Waals surface area contributed by atoms with E-state index >= 15 is 0 Å². The van der Waals surface area contributed by atoms with Crippen LogP contribution in [0.4, 0.5) is 0 Å². The Morgan fingerprint density at radius 2 is 1.52 bits per heavy atom. The van der Waals surface area contributed by atoms with Crippen LogP contribution in [0.25, 0.3) is 0 Å². The molecule has 0 amide bonds. The molecule has 0 aliphatic carbocycles. The molecule has 2 rings (SSSR count). The molecule has 0 aliphatic rings. The maximum absolute atomic E-state index is 12.0. The lowest BCUT2D eigenvalue weighted by Gasteiger charge is -2.04. The van der Waals surface area contributed by atoms with Crippen LogP contribution in [-0.2, 0) is 9.63 Å². The molecular formula is C18H18N2O5. The second-order valence-electron chi connectivity index (χ2n) is 4.94. The Bertz CT molecular complexity index is 767. The minimum absolute atomic E-state index is 0.0597. The van der Waals surface area contributed by atoms with Crippen LogP contribution in [0.1, 0.15) is 29.3 Å². The molecule has 0 saturated heterocycles. The topological polar surface area (TPSA) is 100 Å². The van der Waals surface area contributed by atoms with E-state index in [-0.39, 0.29) is 23.8 Å². The molecule has 25 heavy (non-hydrogen) atoms. The molecule has 0 atom stereocenters. The predicted octanol–water partition coefficient (Wildman–Crippen LogP) is 2.49. The number of methoxy groups -OCH3 is 1. The van der Waals surface area contributed by atoms with Gasteiger partial charge in [0.15, 0.2) is 5.84 Å². The highest BCUT2D eigenvalue weighted by molar-refractivity contribution is 5.98. The first-order valence-corrected chi connectivity index (χ1v) is 7.53. The number of rotatable bonds is 6. The van der Waals surface area contributed by atoms with E-state index in [9.17, 15) is 9.59 Å². The van der Waals surface area contributed by atoms with Gasteiger partial charge in [-0.15, -0.1) is 0 Å². The van der Waals surface area contributed by atoms with E-state index in [1.54, 1.807) is 38.3 Å². The van der Waals surface area contributed by atoms with Gasteiger partial charge in [-0.1, -0.05) is 12.1 Å². The zero-order chi connectivity index (χ0) is 18.2. The number of esters is 1. The summed E-state index contributed by atoms with van der Waals surface area (Å²) in [6, 6.07) is 12.8. The molecule has 0 fully saturated rings. The van der Waals surface area contributed by atoms with Crippen LogP contribution in [0.3, 0.4) is 0 Å². The Morgan fingerprint density at radius 3 is 2.08 bits per heavy atom. The number of benzene rings is 2. The van der Waals surface area contributed by atoms with Crippen molar-refractivity contribution in [2.75, 3.05) is 7.11 Å². The van der Waals surface area contributed by atoms with Crippen molar-refractivity contribution in [2.45, 2.75) is 13.3 Å². The monoisotopic (exact) mass is 342 g/mol. The van der Waals surface area contributed by atoms with Crippen LogP contribution in [0, 0.1) is 0 Å². The van der Waals surface area contributed by atoms with Crippen molar-refractivity contribution >= 4 is 17.8 Å². The molecule has 0 bridgehead atoms. The van der Waals surface area contributed by atoms with Crippen molar-refractivity contribution in [2.24, 2.45) is 10.9 Å². The first-order valence-electron chi connectivity index (χ1n) is 7.53. The number of amidine groups is 1. The Morgan fingerprint density at radius 1 is 0.960 bits per heavy atom. The van der Waals surface area contributed by atoms with Gasteiger partial charge in [0, 0.05) is 12.0 Å². The summed E-state index contributed by atoms with van der Waals surface area (Å²) in [5, 5.41) is 3.63.